The monoisotopic (exact) mass is 617 g/mol. The van der Waals surface area contributed by atoms with Crippen molar-refractivity contribution in [2.45, 2.75) is 63.8 Å². The summed E-state index contributed by atoms with van der Waals surface area (Å²) in [7, 11) is 7.99. The van der Waals surface area contributed by atoms with Crippen LogP contribution in [0.2, 0.25) is 0 Å². The number of fused-ring (bicyclic) bond motifs is 1. The van der Waals surface area contributed by atoms with E-state index in [2.05, 4.69) is 28.1 Å². The van der Waals surface area contributed by atoms with E-state index < -0.39 is 23.8 Å². The number of methoxy groups -OCH3 is 1. The second-order valence-electron chi connectivity index (χ2n) is 13.1. The Morgan fingerprint density at radius 2 is 1.77 bits per heavy atom. The Morgan fingerprint density at radius 1 is 1.07 bits per heavy atom. The maximum Gasteiger partial charge on any atom is 0.308 e. The molecule has 12 nitrogen and oxygen atoms in total. The van der Waals surface area contributed by atoms with E-state index in [-0.39, 0.29) is 56.9 Å². The molecule has 0 aliphatic carbocycles. The van der Waals surface area contributed by atoms with Crippen LogP contribution in [0.4, 0.5) is 0 Å². The zero-order valence-electron chi connectivity index (χ0n) is 26.9. The third-order valence-corrected chi connectivity index (χ3v) is 8.93. The van der Waals surface area contributed by atoms with Gasteiger partial charge in [0.15, 0.2) is 11.5 Å². The topological polar surface area (TPSA) is 126 Å². The zero-order valence-corrected chi connectivity index (χ0v) is 26.9. The van der Waals surface area contributed by atoms with Crippen LogP contribution in [0.15, 0.2) is 12.1 Å². The van der Waals surface area contributed by atoms with Crippen molar-refractivity contribution in [3.8, 4) is 17.2 Å². The van der Waals surface area contributed by atoms with Gasteiger partial charge in [0.25, 0.3) is 0 Å². The van der Waals surface area contributed by atoms with Crippen molar-refractivity contribution in [2.75, 3.05) is 74.3 Å². The third kappa shape index (κ3) is 8.01. The number of unbranched alkanes of at least 4 members (excludes halogenated alkanes) is 2. The molecule has 3 aliphatic rings. The first kappa shape index (κ1) is 33.5. The lowest BCUT2D eigenvalue weighted by Gasteiger charge is -2.31. The number of aliphatic carboxylic acids is 1. The highest BCUT2D eigenvalue weighted by molar-refractivity contribution is 6.01. The van der Waals surface area contributed by atoms with E-state index >= 15 is 0 Å². The Kier molecular flexibility index (Phi) is 11.1. The number of hydrogen-bond acceptors (Lipinski definition) is 8. The largest absolute Gasteiger partial charge is 0.493 e. The predicted molar refractivity (Wildman–Crippen MR) is 163 cm³/mol. The molecule has 44 heavy (non-hydrogen) atoms. The Labute approximate surface area is 260 Å². The van der Waals surface area contributed by atoms with Gasteiger partial charge in [-0.2, -0.15) is 0 Å². The maximum atomic E-state index is 13.8. The first-order valence-corrected chi connectivity index (χ1v) is 15.8. The molecule has 1 aromatic carbocycles. The summed E-state index contributed by atoms with van der Waals surface area (Å²) in [6.45, 7) is 4.97. The number of rotatable bonds is 16. The number of ether oxygens (including phenoxy) is 3. The summed E-state index contributed by atoms with van der Waals surface area (Å²) in [5, 5.41) is 10.6. The third-order valence-electron chi connectivity index (χ3n) is 8.93. The van der Waals surface area contributed by atoms with Crippen LogP contribution in [0.1, 0.15) is 63.4 Å². The molecule has 0 spiro atoms. The lowest BCUT2D eigenvalue weighted by atomic mass is 9.84. The van der Waals surface area contributed by atoms with Crippen LogP contribution in [0, 0.1) is 5.92 Å². The van der Waals surface area contributed by atoms with Crippen LogP contribution < -0.4 is 14.2 Å². The number of quaternary nitrogens is 1. The van der Waals surface area contributed by atoms with Crippen molar-refractivity contribution in [1.82, 2.24) is 14.7 Å². The fraction of sp³-hybridized carbons (Fsp3) is 0.688. The van der Waals surface area contributed by atoms with Gasteiger partial charge >= 0.3 is 5.97 Å². The molecule has 0 saturated carbocycles. The average molecular weight is 618 g/mol. The molecule has 1 aromatic rings. The van der Waals surface area contributed by atoms with E-state index in [0.717, 1.165) is 42.3 Å². The minimum atomic E-state index is -0.992. The van der Waals surface area contributed by atoms with Crippen molar-refractivity contribution in [3.05, 3.63) is 17.7 Å². The molecular formula is C32H49N4O8+. The van der Waals surface area contributed by atoms with Crippen molar-refractivity contribution >= 4 is 23.7 Å². The van der Waals surface area contributed by atoms with Crippen molar-refractivity contribution in [3.63, 3.8) is 0 Å². The van der Waals surface area contributed by atoms with Gasteiger partial charge in [0.1, 0.15) is 0 Å². The van der Waals surface area contributed by atoms with Gasteiger partial charge < -0.3 is 28.7 Å². The van der Waals surface area contributed by atoms with Crippen LogP contribution in [0.25, 0.3) is 0 Å². The zero-order chi connectivity index (χ0) is 32.0. The molecule has 3 atom stereocenters. The van der Waals surface area contributed by atoms with E-state index in [1.165, 1.54) is 12.0 Å². The van der Waals surface area contributed by atoms with Crippen LogP contribution in [0.5, 0.6) is 17.2 Å². The number of carboxylic acid groups (broad SMARTS) is 1. The number of amides is 3. The summed E-state index contributed by atoms with van der Waals surface area (Å²) in [5.41, 5.74) is 0.718. The SMILES string of the molecule is CCCCN(CCCC[N+](C)(C)C)C(=O)CN1CC(c2cc(OC)c3c(c2)OCO3)C(C(=O)O)C1CCN1C(=O)CCC1=O. The first-order chi connectivity index (χ1) is 20.9. The fourth-order valence-electron chi connectivity index (χ4n) is 6.56. The molecule has 3 unspecified atom stereocenters. The number of nitrogens with zero attached hydrogens (tertiary/aromatic N) is 4. The van der Waals surface area contributed by atoms with Gasteiger partial charge in [0.2, 0.25) is 30.3 Å². The smallest absolute Gasteiger partial charge is 0.308 e. The number of carboxylic acids is 1. The molecule has 4 rings (SSSR count). The van der Waals surface area contributed by atoms with Gasteiger partial charge in [-0.15, -0.1) is 0 Å². The average Bonchev–Trinajstić information content (AvgIpc) is 3.67. The van der Waals surface area contributed by atoms with Crippen LogP contribution in [0.3, 0.4) is 0 Å². The minimum Gasteiger partial charge on any atom is -0.493 e. The summed E-state index contributed by atoms with van der Waals surface area (Å²) >= 11 is 0. The second kappa shape index (κ2) is 14.6. The maximum absolute atomic E-state index is 13.8. The molecular weight excluding hydrogens is 568 g/mol. The second-order valence-corrected chi connectivity index (χ2v) is 13.1. The molecule has 3 amide bonds. The summed E-state index contributed by atoms with van der Waals surface area (Å²) in [6.07, 6.45) is 4.35. The lowest BCUT2D eigenvalue weighted by molar-refractivity contribution is -0.870. The molecule has 2 saturated heterocycles. The highest BCUT2D eigenvalue weighted by Gasteiger charge is 2.48. The number of carbonyl (C=O) groups excluding carboxylic acids is 3. The van der Waals surface area contributed by atoms with E-state index in [1.807, 2.05) is 9.80 Å². The summed E-state index contributed by atoms with van der Waals surface area (Å²) in [6, 6.07) is 3.01. The summed E-state index contributed by atoms with van der Waals surface area (Å²) < 4.78 is 17.6. The van der Waals surface area contributed by atoms with Gasteiger partial charge in [0.05, 0.1) is 47.3 Å². The van der Waals surface area contributed by atoms with E-state index in [9.17, 15) is 24.3 Å². The lowest BCUT2D eigenvalue weighted by Crippen LogP contribution is -2.46. The number of carbonyl (C=O) groups is 4. The Balaban J connectivity index is 1.59. The van der Waals surface area contributed by atoms with Gasteiger partial charge in [-0.1, -0.05) is 13.3 Å². The van der Waals surface area contributed by atoms with Crippen molar-refractivity contribution in [1.29, 1.82) is 0 Å². The van der Waals surface area contributed by atoms with Gasteiger partial charge in [0, 0.05) is 51.0 Å². The quantitative estimate of drug-likeness (QED) is 0.169. The molecule has 0 aromatic heterocycles. The molecule has 0 bridgehead atoms. The Morgan fingerprint density at radius 3 is 2.41 bits per heavy atom. The molecule has 3 aliphatic heterocycles. The molecule has 1 N–H and O–H groups in total. The van der Waals surface area contributed by atoms with Gasteiger partial charge in [-0.25, -0.2) is 0 Å². The number of benzene rings is 1. The highest BCUT2D eigenvalue weighted by atomic mass is 16.7. The van der Waals surface area contributed by atoms with Crippen molar-refractivity contribution < 1.29 is 43.0 Å². The van der Waals surface area contributed by atoms with Crippen LogP contribution in [-0.4, -0.2) is 128 Å². The Bertz CT molecular complexity index is 1200. The first-order valence-electron chi connectivity index (χ1n) is 15.8. The van der Waals surface area contributed by atoms with Crippen LogP contribution >= 0.6 is 0 Å². The molecule has 0 radical (unpaired) electrons. The highest BCUT2D eigenvalue weighted by Crippen LogP contribution is 2.47. The molecule has 3 heterocycles. The number of imide groups is 1. The molecule has 244 valence electrons. The van der Waals surface area contributed by atoms with E-state index in [0.29, 0.717) is 36.9 Å². The van der Waals surface area contributed by atoms with Gasteiger partial charge in [-0.3, -0.25) is 29.0 Å². The number of likely N-dealkylation sites (tertiary alicyclic amines) is 2. The number of hydrogen-bond donors (Lipinski definition) is 1. The van der Waals surface area contributed by atoms with E-state index in [4.69, 9.17) is 14.2 Å². The van der Waals surface area contributed by atoms with Gasteiger partial charge in [-0.05, 0) is 43.4 Å². The van der Waals surface area contributed by atoms with E-state index in [1.54, 1.807) is 12.1 Å². The summed E-state index contributed by atoms with van der Waals surface area (Å²) in [5.74, 6) is -1.43. The fourth-order valence-corrected chi connectivity index (χ4v) is 6.56. The standard InChI is InChI=1S/C32H48N4O8/c1-6-7-13-33(14-8-9-16-36(2,3)4)29(39)20-34-19-23(22-17-25(42-5)31-26(18-22)43-21-44-31)30(32(40)41)24(34)12-15-35-27(37)10-11-28(35)38/h17-18,23-24,30H,6-16,19-21H2,1-5H3/p+1. The molecule has 12 heteroatoms. The summed E-state index contributed by atoms with van der Waals surface area (Å²) in [4.78, 5) is 56.6. The molecule has 2 fully saturated rings. The Hall–Kier alpha value is -3.38. The van der Waals surface area contributed by atoms with Crippen molar-refractivity contribution in [2.24, 2.45) is 5.92 Å². The predicted octanol–water partition coefficient (Wildman–Crippen LogP) is 2.55. The normalized spacial score (nSPS) is 21.8. The van der Waals surface area contributed by atoms with Crippen LogP contribution in [-0.2, 0) is 19.2 Å². The minimum absolute atomic E-state index is 0.0323.